The lowest BCUT2D eigenvalue weighted by Gasteiger charge is -2.41. The molecule has 0 unspecified atom stereocenters. The molecule has 144 valence electrons. The van der Waals surface area contributed by atoms with E-state index in [-0.39, 0.29) is 40.1 Å². The van der Waals surface area contributed by atoms with Crippen molar-refractivity contribution in [3.63, 3.8) is 0 Å². The third-order valence-electron chi connectivity index (χ3n) is 5.08. The van der Waals surface area contributed by atoms with Gasteiger partial charge in [0.05, 0.1) is 5.56 Å². The van der Waals surface area contributed by atoms with Crippen molar-refractivity contribution in [2.24, 2.45) is 0 Å². The van der Waals surface area contributed by atoms with E-state index in [4.69, 9.17) is 9.15 Å². The van der Waals surface area contributed by atoms with E-state index in [9.17, 15) is 19.2 Å². The standard InChI is InChI=1S/C21H19NO6/c1-11(2)22-9-12(10-22)27-18(24)8-16(23)17-7-15-19(25)13-5-3-4-6-14(13)20(26)21(15)28-17/h3-7,11-12H,8-10H2,1-2H3. The number of carbonyl (C=O) groups excluding carboxylic acids is 4. The molecule has 1 saturated heterocycles. The van der Waals surface area contributed by atoms with Crippen LogP contribution in [0.2, 0.25) is 0 Å². The van der Waals surface area contributed by atoms with Crippen LogP contribution < -0.4 is 0 Å². The number of Topliss-reactive ketones (excluding diaryl/α,β-unsaturated/α-hetero) is 1. The summed E-state index contributed by atoms with van der Waals surface area (Å²) in [5, 5.41) is 0. The predicted octanol–water partition coefficient (Wildman–Crippen LogP) is 2.26. The highest BCUT2D eigenvalue weighted by molar-refractivity contribution is 6.28. The van der Waals surface area contributed by atoms with Gasteiger partial charge in [-0.25, -0.2) is 0 Å². The lowest BCUT2D eigenvalue weighted by molar-refractivity contribution is -0.157. The number of esters is 1. The van der Waals surface area contributed by atoms with Crippen LogP contribution in [0.3, 0.4) is 0 Å². The van der Waals surface area contributed by atoms with Crippen LogP contribution in [-0.2, 0) is 9.53 Å². The number of nitrogens with zero attached hydrogens (tertiary/aromatic N) is 1. The molecule has 1 aromatic carbocycles. The number of ether oxygens (including phenoxy) is 1. The minimum absolute atomic E-state index is 0.0481. The Morgan fingerprint density at radius 3 is 2.39 bits per heavy atom. The van der Waals surface area contributed by atoms with Gasteiger partial charge < -0.3 is 9.15 Å². The van der Waals surface area contributed by atoms with Crippen LogP contribution >= 0.6 is 0 Å². The minimum atomic E-state index is -0.645. The van der Waals surface area contributed by atoms with Crippen molar-refractivity contribution in [3.8, 4) is 0 Å². The Balaban J connectivity index is 1.45. The quantitative estimate of drug-likeness (QED) is 0.380. The molecule has 0 atom stereocenters. The topological polar surface area (TPSA) is 93.9 Å². The number of likely N-dealkylation sites (tertiary alicyclic amines) is 1. The Labute approximate surface area is 161 Å². The second-order valence-electron chi connectivity index (χ2n) is 7.32. The number of hydrogen-bond acceptors (Lipinski definition) is 7. The van der Waals surface area contributed by atoms with Gasteiger partial charge in [-0.1, -0.05) is 24.3 Å². The molecule has 4 rings (SSSR count). The SMILES string of the molecule is CC(C)N1CC(OC(=O)CC(=O)c2cc3c(o2)C(=O)c2ccccc2C3=O)C1. The number of carbonyl (C=O) groups is 4. The first kappa shape index (κ1) is 18.3. The Bertz CT molecular complexity index is 944. The van der Waals surface area contributed by atoms with E-state index in [1.165, 1.54) is 6.07 Å². The Hall–Kier alpha value is -3.06. The molecule has 0 radical (unpaired) electrons. The largest absolute Gasteiger partial charge is 0.459 e. The van der Waals surface area contributed by atoms with Gasteiger partial charge in [-0.15, -0.1) is 0 Å². The monoisotopic (exact) mass is 381 g/mol. The van der Waals surface area contributed by atoms with E-state index in [1.54, 1.807) is 24.3 Å². The highest BCUT2D eigenvalue weighted by Crippen LogP contribution is 2.30. The molecule has 2 aliphatic rings. The van der Waals surface area contributed by atoms with Crippen LogP contribution in [0.1, 0.15) is 62.9 Å². The zero-order chi connectivity index (χ0) is 20.0. The van der Waals surface area contributed by atoms with Gasteiger partial charge in [0.25, 0.3) is 0 Å². The first-order valence-electron chi connectivity index (χ1n) is 9.14. The summed E-state index contributed by atoms with van der Waals surface area (Å²) in [5.41, 5.74) is 0.568. The van der Waals surface area contributed by atoms with Gasteiger partial charge in [0.1, 0.15) is 12.5 Å². The average molecular weight is 381 g/mol. The summed E-state index contributed by atoms with van der Waals surface area (Å²) in [6.07, 6.45) is -0.718. The van der Waals surface area contributed by atoms with Gasteiger partial charge in [0.15, 0.2) is 17.3 Å². The molecule has 2 aromatic rings. The highest BCUT2D eigenvalue weighted by atomic mass is 16.5. The minimum Gasteiger partial charge on any atom is -0.459 e. The van der Waals surface area contributed by atoms with Gasteiger partial charge in [0, 0.05) is 30.3 Å². The van der Waals surface area contributed by atoms with Crippen molar-refractivity contribution in [2.75, 3.05) is 13.1 Å². The van der Waals surface area contributed by atoms with E-state index in [0.29, 0.717) is 19.1 Å². The maximum absolute atomic E-state index is 12.6. The summed E-state index contributed by atoms with van der Waals surface area (Å²) in [4.78, 5) is 51.7. The van der Waals surface area contributed by atoms with Gasteiger partial charge >= 0.3 is 5.97 Å². The Kier molecular flexibility index (Phi) is 4.47. The summed E-state index contributed by atoms with van der Waals surface area (Å²) >= 11 is 0. The summed E-state index contributed by atoms with van der Waals surface area (Å²) < 4.78 is 10.6. The molecule has 0 saturated carbocycles. The zero-order valence-corrected chi connectivity index (χ0v) is 15.6. The summed E-state index contributed by atoms with van der Waals surface area (Å²) in [7, 11) is 0. The second-order valence-corrected chi connectivity index (χ2v) is 7.32. The molecule has 1 aliphatic carbocycles. The molecule has 7 nitrogen and oxygen atoms in total. The maximum Gasteiger partial charge on any atom is 0.314 e. The number of fused-ring (bicyclic) bond motifs is 2. The second kappa shape index (κ2) is 6.83. The van der Waals surface area contributed by atoms with Crippen molar-refractivity contribution >= 4 is 23.3 Å². The van der Waals surface area contributed by atoms with Crippen LogP contribution in [0, 0.1) is 0 Å². The van der Waals surface area contributed by atoms with Gasteiger partial charge in [-0.05, 0) is 19.9 Å². The van der Waals surface area contributed by atoms with Crippen molar-refractivity contribution in [1.29, 1.82) is 0 Å². The first-order chi connectivity index (χ1) is 13.3. The summed E-state index contributed by atoms with van der Waals surface area (Å²) in [5.74, 6) is -2.44. The third kappa shape index (κ3) is 3.07. The first-order valence-corrected chi connectivity index (χ1v) is 9.14. The summed E-state index contributed by atoms with van der Waals surface area (Å²) in [6, 6.07) is 8.04. The normalized spacial score (nSPS) is 16.5. The lowest BCUT2D eigenvalue weighted by Crippen LogP contribution is -2.55. The van der Waals surface area contributed by atoms with Crippen molar-refractivity contribution in [2.45, 2.75) is 32.4 Å². The average Bonchev–Trinajstić information content (AvgIpc) is 3.08. The van der Waals surface area contributed by atoms with E-state index in [0.717, 1.165) is 0 Å². The van der Waals surface area contributed by atoms with Crippen molar-refractivity contribution < 1.29 is 28.3 Å². The molecule has 2 heterocycles. The molecule has 1 aromatic heterocycles. The lowest BCUT2D eigenvalue weighted by atomic mass is 9.88. The van der Waals surface area contributed by atoms with Crippen LogP contribution in [-0.4, -0.2) is 53.5 Å². The van der Waals surface area contributed by atoms with E-state index < -0.39 is 24.0 Å². The van der Waals surface area contributed by atoms with Gasteiger partial charge in [-0.2, -0.15) is 0 Å². The third-order valence-corrected chi connectivity index (χ3v) is 5.08. The van der Waals surface area contributed by atoms with Crippen LogP contribution in [0.4, 0.5) is 0 Å². The summed E-state index contributed by atoms with van der Waals surface area (Å²) in [6.45, 7) is 5.41. The van der Waals surface area contributed by atoms with E-state index in [2.05, 4.69) is 18.7 Å². The molecule has 1 aliphatic heterocycles. The molecule has 28 heavy (non-hydrogen) atoms. The number of furan rings is 1. The fourth-order valence-corrected chi connectivity index (χ4v) is 3.42. The molecular formula is C21H19NO6. The highest BCUT2D eigenvalue weighted by Gasteiger charge is 2.35. The maximum atomic E-state index is 12.6. The van der Waals surface area contributed by atoms with Gasteiger partial charge in [-0.3, -0.25) is 24.1 Å². The van der Waals surface area contributed by atoms with Gasteiger partial charge in [0.2, 0.25) is 11.6 Å². The number of benzene rings is 1. The van der Waals surface area contributed by atoms with Crippen LogP contribution in [0.15, 0.2) is 34.7 Å². The Morgan fingerprint density at radius 1 is 1.11 bits per heavy atom. The molecule has 0 spiro atoms. The van der Waals surface area contributed by atoms with Crippen LogP contribution in [0.5, 0.6) is 0 Å². The predicted molar refractivity (Wildman–Crippen MR) is 97.6 cm³/mol. The number of ketones is 3. The van der Waals surface area contributed by atoms with E-state index >= 15 is 0 Å². The number of hydrogen-bond donors (Lipinski definition) is 0. The molecule has 0 N–H and O–H groups in total. The molecule has 1 fully saturated rings. The molecule has 0 amide bonds. The molecular weight excluding hydrogens is 362 g/mol. The zero-order valence-electron chi connectivity index (χ0n) is 15.6. The Morgan fingerprint density at radius 2 is 1.75 bits per heavy atom. The molecule has 0 bridgehead atoms. The van der Waals surface area contributed by atoms with Crippen molar-refractivity contribution in [3.05, 3.63) is 58.5 Å². The number of rotatable bonds is 5. The smallest absolute Gasteiger partial charge is 0.314 e. The van der Waals surface area contributed by atoms with Crippen LogP contribution in [0.25, 0.3) is 0 Å². The fraction of sp³-hybridized carbons (Fsp3) is 0.333. The fourth-order valence-electron chi connectivity index (χ4n) is 3.42. The van der Waals surface area contributed by atoms with Crippen molar-refractivity contribution in [1.82, 2.24) is 4.90 Å². The molecule has 7 heteroatoms. The van der Waals surface area contributed by atoms with E-state index in [1.807, 2.05) is 0 Å².